The summed E-state index contributed by atoms with van der Waals surface area (Å²) in [7, 11) is 0. The lowest BCUT2D eigenvalue weighted by Crippen LogP contribution is -2.35. The second kappa shape index (κ2) is 7.34. The first-order valence-electron chi connectivity index (χ1n) is 7.95. The van der Waals surface area contributed by atoms with Crippen LogP contribution in [0, 0.1) is 5.41 Å². The first kappa shape index (κ1) is 17.1. The van der Waals surface area contributed by atoms with Gasteiger partial charge in [-0.25, -0.2) is 0 Å². The van der Waals surface area contributed by atoms with Crippen molar-refractivity contribution in [1.82, 2.24) is 5.32 Å². The van der Waals surface area contributed by atoms with Crippen molar-refractivity contribution >= 4 is 24.0 Å². The SMILES string of the molecule is CC1(C(=O)Nc2ccc(OC3CCCC3)cc2)CCNC1.Cl. The van der Waals surface area contributed by atoms with Gasteiger partial charge in [-0.1, -0.05) is 0 Å². The fourth-order valence-corrected chi connectivity index (χ4v) is 3.11. The summed E-state index contributed by atoms with van der Waals surface area (Å²) in [6.45, 7) is 3.68. The lowest BCUT2D eigenvalue weighted by molar-refractivity contribution is -0.123. The lowest BCUT2D eigenvalue weighted by atomic mass is 9.89. The maximum atomic E-state index is 12.3. The molecule has 3 rings (SSSR count). The van der Waals surface area contributed by atoms with Crippen molar-refractivity contribution in [2.75, 3.05) is 18.4 Å². The third kappa shape index (κ3) is 3.93. The van der Waals surface area contributed by atoms with Crippen LogP contribution in [0.2, 0.25) is 0 Å². The van der Waals surface area contributed by atoms with Crippen molar-refractivity contribution in [1.29, 1.82) is 0 Å². The van der Waals surface area contributed by atoms with Gasteiger partial charge in [0.2, 0.25) is 5.91 Å². The zero-order valence-corrected chi connectivity index (χ0v) is 13.9. The first-order chi connectivity index (χ1) is 10.2. The number of amides is 1. The van der Waals surface area contributed by atoms with E-state index in [2.05, 4.69) is 10.6 Å². The fraction of sp³-hybridized carbons (Fsp3) is 0.588. The van der Waals surface area contributed by atoms with E-state index >= 15 is 0 Å². The molecule has 0 radical (unpaired) electrons. The normalized spacial score (nSPS) is 24.8. The van der Waals surface area contributed by atoms with E-state index in [-0.39, 0.29) is 23.7 Å². The molecular formula is C17H25ClN2O2. The number of hydrogen-bond donors (Lipinski definition) is 2. The molecule has 0 aromatic heterocycles. The predicted octanol–water partition coefficient (Wildman–Crippen LogP) is 3.37. The van der Waals surface area contributed by atoms with Crippen LogP contribution in [0.1, 0.15) is 39.0 Å². The summed E-state index contributed by atoms with van der Waals surface area (Å²) in [6.07, 6.45) is 6.11. The van der Waals surface area contributed by atoms with Crippen LogP contribution in [0.25, 0.3) is 0 Å². The van der Waals surface area contributed by atoms with Gasteiger partial charge in [0, 0.05) is 12.2 Å². The molecule has 0 bridgehead atoms. The van der Waals surface area contributed by atoms with Crippen molar-refractivity contribution in [2.45, 2.75) is 45.1 Å². The third-order valence-electron chi connectivity index (χ3n) is 4.63. The molecule has 5 heteroatoms. The van der Waals surface area contributed by atoms with E-state index < -0.39 is 0 Å². The Balaban J connectivity index is 0.00000176. The molecule has 1 saturated heterocycles. The predicted molar refractivity (Wildman–Crippen MR) is 90.8 cm³/mol. The molecule has 2 aliphatic rings. The van der Waals surface area contributed by atoms with Gasteiger partial charge < -0.3 is 15.4 Å². The standard InChI is InChI=1S/C17H24N2O2.ClH/c1-17(10-11-18-12-17)16(20)19-13-6-8-15(9-7-13)21-14-4-2-3-5-14;/h6-9,14,18H,2-5,10-12H2,1H3,(H,19,20);1H. The summed E-state index contributed by atoms with van der Waals surface area (Å²) in [5, 5.41) is 6.26. The van der Waals surface area contributed by atoms with Crippen LogP contribution in [0.4, 0.5) is 5.69 Å². The number of benzene rings is 1. The van der Waals surface area contributed by atoms with Gasteiger partial charge in [-0.05, 0) is 69.8 Å². The Morgan fingerprint density at radius 2 is 1.95 bits per heavy atom. The van der Waals surface area contributed by atoms with Gasteiger partial charge in [0.25, 0.3) is 0 Å². The molecule has 1 aliphatic heterocycles. The summed E-state index contributed by atoms with van der Waals surface area (Å²) >= 11 is 0. The summed E-state index contributed by atoms with van der Waals surface area (Å²) in [5.74, 6) is 0.991. The molecule has 1 aromatic rings. The van der Waals surface area contributed by atoms with Gasteiger partial charge in [0.05, 0.1) is 11.5 Å². The molecule has 1 atom stereocenters. The summed E-state index contributed by atoms with van der Waals surface area (Å²) in [6, 6.07) is 7.74. The Morgan fingerprint density at radius 1 is 1.27 bits per heavy atom. The van der Waals surface area contributed by atoms with Crippen molar-refractivity contribution in [3.63, 3.8) is 0 Å². The van der Waals surface area contributed by atoms with E-state index in [0.29, 0.717) is 6.10 Å². The molecule has 1 aromatic carbocycles. The Morgan fingerprint density at radius 3 is 2.55 bits per heavy atom. The van der Waals surface area contributed by atoms with Gasteiger partial charge >= 0.3 is 0 Å². The number of hydrogen-bond acceptors (Lipinski definition) is 3. The minimum absolute atomic E-state index is 0. The van der Waals surface area contributed by atoms with Crippen molar-refractivity contribution in [2.24, 2.45) is 5.41 Å². The van der Waals surface area contributed by atoms with E-state index in [9.17, 15) is 4.79 Å². The van der Waals surface area contributed by atoms with Crippen LogP contribution in [0.15, 0.2) is 24.3 Å². The maximum Gasteiger partial charge on any atom is 0.231 e. The number of ether oxygens (including phenoxy) is 1. The molecule has 1 heterocycles. The highest BCUT2D eigenvalue weighted by Gasteiger charge is 2.36. The van der Waals surface area contributed by atoms with Crippen LogP contribution in [0.3, 0.4) is 0 Å². The van der Waals surface area contributed by atoms with E-state index in [4.69, 9.17) is 4.74 Å². The summed E-state index contributed by atoms with van der Waals surface area (Å²) < 4.78 is 5.93. The van der Waals surface area contributed by atoms with Crippen molar-refractivity contribution in [3.05, 3.63) is 24.3 Å². The minimum Gasteiger partial charge on any atom is -0.490 e. The Kier molecular flexibility index (Phi) is 5.70. The van der Waals surface area contributed by atoms with Crippen LogP contribution in [-0.4, -0.2) is 25.1 Å². The first-order valence-corrected chi connectivity index (χ1v) is 7.95. The molecule has 1 saturated carbocycles. The minimum atomic E-state index is -0.293. The third-order valence-corrected chi connectivity index (χ3v) is 4.63. The van der Waals surface area contributed by atoms with Gasteiger partial charge in [-0.2, -0.15) is 0 Å². The largest absolute Gasteiger partial charge is 0.490 e. The van der Waals surface area contributed by atoms with E-state index in [1.54, 1.807) is 0 Å². The molecule has 1 aliphatic carbocycles. The van der Waals surface area contributed by atoms with Crippen LogP contribution in [-0.2, 0) is 4.79 Å². The molecular weight excluding hydrogens is 300 g/mol. The molecule has 1 unspecified atom stereocenters. The number of nitrogens with one attached hydrogen (secondary N) is 2. The highest BCUT2D eigenvalue weighted by Crippen LogP contribution is 2.28. The van der Waals surface area contributed by atoms with Crippen LogP contribution >= 0.6 is 12.4 Å². The molecule has 2 fully saturated rings. The van der Waals surface area contributed by atoms with Gasteiger partial charge in [-0.3, -0.25) is 4.79 Å². The quantitative estimate of drug-likeness (QED) is 0.892. The van der Waals surface area contributed by atoms with Crippen molar-refractivity contribution < 1.29 is 9.53 Å². The highest BCUT2D eigenvalue weighted by atomic mass is 35.5. The van der Waals surface area contributed by atoms with E-state index in [0.717, 1.165) is 43.8 Å². The molecule has 4 nitrogen and oxygen atoms in total. The monoisotopic (exact) mass is 324 g/mol. The second-order valence-corrected chi connectivity index (χ2v) is 6.49. The Hall–Kier alpha value is -1.26. The van der Waals surface area contributed by atoms with Gasteiger partial charge in [-0.15, -0.1) is 12.4 Å². The molecule has 0 spiro atoms. The molecule has 122 valence electrons. The highest BCUT2D eigenvalue weighted by molar-refractivity contribution is 5.95. The van der Waals surface area contributed by atoms with Crippen LogP contribution < -0.4 is 15.4 Å². The van der Waals surface area contributed by atoms with Gasteiger partial charge in [0.15, 0.2) is 0 Å². The number of halogens is 1. The topological polar surface area (TPSA) is 50.4 Å². The lowest BCUT2D eigenvalue weighted by Gasteiger charge is -2.21. The van der Waals surface area contributed by atoms with Crippen molar-refractivity contribution in [3.8, 4) is 5.75 Å². The van der Waals surface area contributed by atoms with E-state index in [1.807, 2.05) is 31.2 Å². The Labute approximate surface area is 138 Å². The van der Waals surface area contributed by atoms with Gasteiger partial charge in [0.1, 0.15) is 5.75 Å². The maximum absolute atomic E-state index is 12.3. The molecule has 2 N–H and O–H groups in total. The molecule has 1 amide bonds. The number of anilines is 1. The zero-order chi connectivity index (χ0) is 14.7. The van der Waals surface area contributed by atoms with E-state index in [1.165, 1.54) is 12.8 Å². The number of carbonyl (C=O) groups excluding carboxylic acids is 1. The zero-order valence-electron chi connectivity index (χ0n) is 13.1. The smallest absolute Gasteiger partial charge is 0.231 e. The summed E-state index contributed by atoms with van der Waals surface area (Å²) in [4.78, 5) is 12.3. The number of rotatable bonds is 4. The number of carbonyl (C=O) groups is 1. The van der Waals surface area contributed by atoms with Crippen LogP contribution in [0.5, 0.6) is 5.75 Å². The fourth-order valence-electron chi connectivity index (χ4n) is 3.11. The Bertz CT molecular complexity index is 492. The average Bonchev–Trinajstić information content (AvgIpc) is 3.13. The average molecular weight is 325 g/mol. The summed E-state index contributed by atoms with van der Waals surface area (Å²) in [5.41, 5.74) is 0.547. The molecule has 22 heavy (non-hydrogen) atoms. The second-order valence-electron chi connectivity index (χ2n) is 6.49.